The van der Waals surface area contributed by atoms with Crippen LogP contribution >= 0.6 is 0 Å². The summed E-state index contributed by atoms with van der Waals surface area (Å²) in [6.07, 6.45) is 0. The molecule has 5 heteroatoms. The van der Waals surface area contributed by atoms with Gasteiger partial charge in [0.2, 0.25) is 0 Å². The lowest BCUT2D eigenvalue weighted by Crippen LogP contribution is -2.05. The Bertz CT molecular complexity index is 487. The fourth-order valence-electron chi connectivity index (χ4n) is 1.57. The van der Waals surface area contributed by atoms with E-state index in [4.69, 9.17) is 5.73 Å². The van der Waals surface area contributed by atoms with Crippen molar-refractivity contribution in [2.24, 2.45) is 0 Å². The zero-order valence-corrected chi connectivity index (χ0v) is 9.25. The minimum absolute atomic E-state index is 0.189. The molecular formula is C11H14N4O. The van der Waals surface area contributed by atoms with Crippen LogP contribution in [0.5, 0.6) is 5.75 Å². The van der Waals surface area contributed by atoms with Crippen LogP contribution in [0.1, 0.15) is 19.9 Å². The summed E-state index contributed by atoms with van der Waals surface area (Å²) >= 11 is 0. The fraction of sp³-hybridized carbons (Fsp3) is 0.273. The molecule has 0 aliphatic heterocycles. The van der Waals surface area contributed by atoms with Gasteiger partial charge in [0.15, 0.2) is 5.82 Å². The molecule has 0 saturated heterocycles. The van der Waals surface area contributed by atoms with Gasteiger partial charge < -0.3 is 10.8 Å². The highest BCUT2D eigenvalue weighted by molar-refractivity contribution is 5.70. The van der Waals surface area contributed by atoms with Gasteiger partial charge in [-0.15, -0.1) is 5.10 Å². The lowest BCUT2D eigenvalue weighted by atomic mass is 10.1. The van der Waals surface area contributed by atoms with Crippen LogP contribution in [0.4, 0.5) is 5.82 Å². The van der Waals surface area contributed by atoms with Crippen molar-refractivity contribution in [3.8, 4) is 17.0 Å². The predicted octanol–water partition coefficient (Wildman–Crippen LogP) is 1.81. The van der Waals surface area contributed by atoms with Gasteiger partial charge in [-0.05, 0) is 38.1 Å². The van der Waals surface area contributed by atoms with Crippen LogP contribution in [-0.2, 0) is 0 Å². The Morgan fingerprint density at radius 1 is 1.25 bits per heavy atom. The van der Waals surface area contributed by atoms with Crippen LogP contribution in [0.25, 0.3) is 11.3 Å². The largest absolute Gasteiger partial charge is 0.508 e. The van der Waals surface area contributed by atoms with Crippen LogP contribution in [0, 0.1) is 0 Å². The van der Waals surface area contributed by atoms with E-state index in [0.717, 1.165) is 11.3 Å². The van der Waals surface area contributed by atoms with Gasteiger partial charge in [0.1, 0.15) is 11.4 Å². The van der Waals surface area contributed by atoms with E-state index in [-0.39, 0.29) is 11.8 Å². The molecule has 2 aromatic rings. The first-order valence-electron chi connectivity index (χ1n) is 5.09. The monoisotopic (exact) mass is 218 g/mol. The predicted molar refractivity (Wildman–Crippen MR) is 61.9 cm³/mol. The maximum absolute atomic E-state index is 9.23. The zero-order chi connectivity index (χ0) is 11.7. The van der Waals surface area contributed by atoms with E-state index >= 15 is 0 Å². The number of hydrogen-bond acceptors (Lipinski definition) is 4. The van der Waals surface area contributed by atoms with Gasteiger partial charge >= 0.3 is 0 Å². The van der Waals surface area contributed by atoms with Crippen molar-refractivity contribution in [3.63, 3.8) is 0 Å². The average Bonchev–Trinajstić information content (AvgIpc) is 2.62. The molecule has 0 amide bonds. The molecule has 0 fully saturated rings. The van der Waals surface area contributed by atoms with Crippen LogP contribution in [0.15, 0.2) is 24.3 Å². The summed E-state index contributed by atoms with van der Waals surface area (Å²) in [5.41, 5.74) is 7.48. The highest BCUT2D eigenvalue weighted by atomic mass is 16.3. The van der Waals surface area contributed by atoms with E-state index in [1.54, 1.807) is 28.9 Å². The van der Waals surface area contributed by atoms with E-state index in [0.29, 0.717) is 5.82 Å². The standard InChI is InChI=1S/C11H14N4O/c1-7(2)15-10(11(12)13-14-15)8-3-5-9(16)6-4-8/h3-7,16H,12H2,1-2H3. The summed E-state index contributed by atoms with van der Waals surface area (Å²) in [6.45, 7) is 4.02. The van der Waals surface area contributed by atoms with Gasteiger partial charge in [0.05, 0.1) is 0 Å². The molecular weight excluding hydrogens is 204 g/mol. The number of benzene rings is 1. The Balaban J connectivity index is 2.54. The van der Waals surface area contributed by atoms with Crippen molar-refractivity contribution >= 4 is 5.82 Å². The maximum Gasteiger partial charge on any atom is 0.174 e. The summed E-state index contributed by atoms with van der Waals surface area (Å²) in [4.78, 5) is 0. The summed E-state index contributed by atoms with van der Waals surface area (Å²) in [6, 6.07) is 7.01. The van der Waals surface area contributed by atoms with Gasteiger partial charge in [0.25, 0.3) is 0 Å². The molecule has 16 heavy (non-hydrogen) atoms. The molecule has 3 N–H and O–H groups in total. The summed E-state index contributed by atoms with van der Waals surface area (Å²) in [5.74, 6) is 0.630. The van der Waals surface area contributed by atoms with Crippen molar-refractivity contribution in [1.82, 2.24) is 15.0 Å². The Labute approximate surface area is 93.5 Å². The number of nitrogens with zero attached hydrogens (tertiary/aromatic N) is 3. The van der Waals surface area contributed by atoms with Crippen molar-refractivity contribution in [3.05, 3.63) is 24.3 Å². The van der Waals surface area contributed by atoms with E-state index in [1.165, 1.54) is 0 Å². The van der Waals surface area contributed by atoms with E-state index in [1.807, 2.05) is 13.8 Å². The average molecular weight is 218 g/mol. The Kier molecular flexibility index (Phi) is 2.52. The first-order valence-corrected chi connectivity index (χ1v) is 5.09. The van der Waals surface area contributed by atoms with Crippen LogP contribution < -0.4 is 5.73 Å². The Morgan fingerprint density at radius 2 is 1.88 bits per heavy atom. The number of rotatable bonds is 2. The first-order chi connectivity index (χ1) is 7.59. The molecule has 5 nitrogen and oxygen atoms in total. The topological polar surface area (TPSA) is 77.0 Å². The molecule has 0 aliphatic carbocycles. The first kappa shape index (κ1) is 10.5. The lowest BCUT2D eigenvalue weighted by Gasteiger charge is -2.09. The normalized spacial score (nSPS) is 10.9. The quantitative estimate of drug-likeness (QED) is 0.806. The van der Waals surface area contributed by atoms with Gasteiger partial charge in [-0.25, -0.2) is 4.68 Å². The minimum Gasteiger partial charge on any atom is -0.508 e. The molecule has 0 aliphatic rings. The molecule has 0 unspecified atom stereocenters. The zero-order valence-electron chi connectivity index (χ0n) is 9.25. The van der Waals surface area contributed by atoms with Gasteiger partial charge in [-0.2, -0.15) is 0 Å². The number of phenols is 1. The summed E-state index contributed by atoms with van der Waals surface area (Å²) in [7, 11) is 0. The van der Waals surface area contributed by atoms with Gasteiger partial charge in [-0.3, -0.25) is 0 Å². The van der Waals surface area contributed by atoms with Crippen molar-refractivity contribution in [2.45, 2.75) is 19.9 Å². The third-order valence-electron chi connectivity index (χ3n) is 2.35. The third kappa shape index (κ3) is 1.71. The molecule has 0 saturated carbocycles. The van der Waals surface area contributed by atoms with Crippen molar-refractivity contribution < 1.29 is 5.11 Å². The van der Waals surface area contributed by atoms with Crippen molar-refractivity contribution in [2.75, 3.05) is 5.73 Å². The molecule has 84 valence electrons. The fourth-order valence-corrected chi connectivity index (χ4v) is 1.57. The highest BCUT2D eigenvalue weighted by Crippen LogP contribution is 2.27. The Morgan fingerprint density at radius 3 is 2.44 bits per heavy atom. The highest BCUT2D eigenvalue weighted by Gasteiger charge is 2.14. The molecule has 0 bridgehead atoms. The summed E-state index contributed by atoms with van der Waals surface area (Å²) in [5, 5.41) is 17.1. The van der Waals surface area contributed by atoms with Crippen molar-refractivity contribution in [1.29, 1.82) is 0 Å². The van der Waals surface area contributed by atoms with Gasteiger partial charge in [0, 0.05) is 11.6 Å². The Hall–Kier alpha value is -2.04. The number of aromatic hydroxyl groups is 1. The molecule has 0 radical (unpaired) electrons. The van der Waals surface area contributed by atoms with E-state index in [2.05, 4.69) is 10.3 Å². The number of anilines is 1. The molecule has 2 rings (SSSR count). The molecule has 0 spiro atoms. The number of nitrogen functional groups attached to an aromatic ring is 1. The second-order valence-electron chi connectivity index (χ2n) is 3.91. The molecule has 0 atom stereocenters. The second kappa shape index (κ2) is 3.84. The number of nitrogens with two attached hydrogens (primary N) is 1. The number of phenolic OH excluding ortho intramolecular Hbond substituents is 1. The maximum atomic E-state index is 9.23. The molecule has 1 aromatic heterocycles. The van der Waals surface area contributed by atoms with Crippen LogP contribution in [0.3, 0.4) is 0 Å². The second-order valence-corrected chi connectivity index (χ2v) is 3.91. The SMILES string of the molecule is CC(C)n1nnc(N)c1-c1ccc(O)cc1. The van der Waals surface area contributed by atoms with E-state index in [9.17, 15) is 5.11 Å². The smallest absolute Gasteiger partial charge is 0.174 e. The minimum atomic E-state index is 0.189. The van der Waals surface area contributed by atoms with E-state index < -0.39 is 0 Å². The molecule has 1 heterocycles. The number of aromatic nitrogens is 3. The van der Waals surface area contributed by atoms with Crippen LogP contribution in [-0.4, -0.2) is 20.1 Å². The van der Waals surface area contributed by atoms with Gasteiger partial charge in [-0.1, -0.05) is 5.21 Å². The van der Waals surface area contributed by atoms with Crippen LogP contribution in [0.2, 0.25) is 0 Å². The summed E-state index contributed by atoms with van der Waals surface area (Å²) < 4.78 is 1.77. The number of hydrogen-bond donors (Lipinski definition) is 2. The third-order valence-corrected chi connectivity index (χ3v) is 2.35. The lowest BCUT2D eigenvalue weighted by molar-refractivity contribution is 0.475. The molecule has 1 aromatic carbocycles.